The molecule has 2 nitrogen and oxygen atoms in total. The number of nitrogens with zero attached hydrogens (tertiary/aromatic N) is 1. The van der Waals surface area contributed by atoms with Gasteiger partial charge in [-0.3, -0.25) is 4.90 Å². The van der Waals surface area contributed by atoms with Crippen LogP contribution < -0.4 is 5.32 Å². The van der Waals surface area contributed by atoms with E-state index < -0.39 is 0 Å². The Morgan fingerprint density at radius 2 is 2.06 bits per heavy atom. The third-order valence-corrected chi connectivity index (χ3v) is 4.11. The first-order valence-electron chi connectivity index (χ1n) is 6.57. The summed E-state index contributed by atoms with van der Waals surface area (Å²) in [6.45, 7) is 17.7. The number of rotatable bonds is 6. The van der Waals surface area contributed by atoms with E-state index >= 15 is 0 Å². The van der Waals surface area contributed by atoms with Gasteiger partial charge in [0.15, 0.2) is 0 Å². The zero-order chi connectivity index (χ0) is 12.2. The van der Waals surface area contributed by atoms with Crippen LogP contribution in [0.15, 0.2) is 12.7 Å². The van der Waals surface area contributed by atoms with E-state index in [1.54, 1.807) is 0 Å². The molecule has 1 N–H and O–H groups in total. The lowest BCUT2D eigenvalue weighted by molar-refractivity contribution is 0.105. The average Bonchev–Trinajstić information content (AvgIpc) is 2.67. The fourth-order valence-corrected chi connectivity index (χ4v) is 2.60. The monoisotopic (exact) mass is 224 g/mol. The van der Waals surface area contributed by atoms with Gasteiger partial charge in [-0.2, -0.15) is 0 Å². The largest absolute Gasteiger partial charge is 0.316 e. The molecule has 1 fully saturated rings. The van der Waals surface area contributed by atoms with Gasteiger partial charge in [0, 0.05) is 25.7 Å². The highest BCUT2D eigenvalue weighted by Gasteiger charge is 2.38. The molecule has 0 radical (unpaired) electrons. The van der Waals surface area contributed by atoms with Gasteiger partial charge in [-0.25, -0.2) is 0 Å². The van der Waals surface area contributed by atoms with Gasteiger partial charge in [-0.15, -0.1) is 6.58 Å². The highest BCUT2D eigenvalue weighted by atomic mass is 15.2. The molecule has 16 heavy (non-hydrogen) atoms. The van der Waals surface area contributed by atoms with E-state index in [-0.39, 0.29) is 0 Å². The SMILES string of the molecule is C=CCN(CC1(C(C)C)CCNC1)C(C)C. The first-order chi connectivity index (χ1) is 7.52. The lowest BCUT2D eigenvalue weighted by atomic mass is 9.76. The smallest absolute Gasteiger partial charge is 0.0163 e. The summed E-state index contributed by atoms with van der Waals surface area (Å²) < 4.78 is 0. The van der Waals surface area contributed by atoms with Crippen LogP contribution in [0, 0.1) is 11.3 Å². The van der Waals surface area contributed by atoms with E-state index in [1.807, 2.05) is 6.08 Å². The maximum absolute atomic E-state index is 3.87. The molecule has 1 aliphatic heterocycles. The molecule has 1 saturated heterocycles. The van der Waals surface area contributed by atoms with Crippen LogP contribution in [0.5, 0.6) is 0 Å². The molecular formula is C14H28N2. The van der Waals surface area contributed by atoms with Gasteiger partial charge < -0.3 is 5.32 Å². The van der Waals surface area contributed by atoms with Gasteiger partial charge in [-0.1, -0.05) is 19.9 Å². The normalized spacial score (nSPS) is 25.9. The predicted octanol–water partition coefficient (Wildman–Crippen LogP) is 2.52. The summed E-state index contributed by atoms with van der Waals surface area (Å²) >= 11 is 0. The molecule has 1 unspecified atom stereocenters. The number of hydrogen-bond donors (Lipinski definition) is 1. The average molecular weight is 224 g/mol. The lowest BCUT2D eigenvalue weighted by Gasteiger charge is -2.39. The second-order valence-electron chi connectivity index (χ2n) is 5.76. The van der Waals surface area contributed by atoms with Crippen molar-refractivity contribution in [2.24, 2.45) is 11.3 Å². The maximum atomic E-state index is 3.87. The van der Waals surface area contributed by atoms with Gasteiger partial charge in [0.2, 0.25) is 0 Å². The van der Waals surface area contributed by atoms with Crippen LogP contribution >= 0.6 is 0 Å². The Balaban J connectivity index is 2.69. The predicted molar refractivity (Wildman–Crippen MR) is 71.7 cm³/mol. The standard InChI is InChI=1S/C14H28N2/c1-6-9-16(13(4)5)11-14(12(2)3)7-8-15-10-14/h6,12-13,15H,1,7-11H2,2-5H3. The molecule has 1 heterocycles. The second kappa shape index (κ2) is 5.83. The van der Waals surface area contributed by atoms with Crippen molar-refractivity contribution in [3.05, 3.63) is 12.7 Å². The quantitative estimate of drug-likeness (QED) is 0.697. The molecule has 2 heteroatoms. The summed E-state index contributed by atoms with van der Waals surface area (Å²) in [6.07, 6.45) is 3.33. The van der Waals surface area contributed by atoms with E-state index in [4.69, 9.17) is 0 Å². The topological polar surface area (TPSA) is 15.3 Å². The van der Waals surface area contributed by atoms with E-state index in [9.17, 15) is 0 Å². The molecule has 0 spiro atoms. The molecule has 0 amide bonds. The van der Waals surface area contributed by atoms with Crippen LogP contribution in [0.25, 0.3) is 0 Å². The minimum atomic E-state index is 0.466. The Bertz CT molecular complexity index is 215. The van der Waals surface area contributed by atoms with Gasteiger partial charge in [0.1, 0.15) is 0 Å². The Kier molecular flexibility index (Phi) is 5.00. The van der Waals surface area contributed by atoms with Crippen molar-refractivity contribution < 1.29 is 0 Å². The Morgan fingerprint density at radius 1 is 1.38 bits per heavy atom. The summed E-state index contributed by atoms with van der Waals surface area (Å²) in [5.74, 6) is 0.744. The number of nitrogens with one attached hydrogen (secondary N) is 1. The van der Waals surface area contributed by atoms with Crippen molar-refractivity contribution >= 4 is 0 Å². The minimum Gasteiger partial charge on any atom is -0.316 e. The van der Waals surface area contributed by atoms with Gasteiger partial charge in [0.25, 0.3) is 0 Å². The fourth-order valence-electron chi connectivity index (χ4n) is 2.60. The Hall–Kier alpha value is -0.340. The summed E-state index contributed by atoms with van der Waals surface area (Å²) in [7, 11) is 0. The summed E-state index contributed by atoms with van der Waals surface area (Å²) in [6, 6.07) is 0.606. The van der Waals surface area contributed by atoms with Gasteiger partial charge in [0.05, 0.1) is 0 Å². The van der Waals surface area contributed by atoms with Crippen molar-refractivity contribution in [1.29, 1.82) is 0 Å². The molecule has 94 valence electrons. The van der Waals surface area contributed by atoms with E-state index in [1.165, 1.54) is 26.1 Å². The van der Waals surface area contributed by atoms with Crippen LogP contribution in [0.1, 0.15) is 34.1 Å². The van der Waals surface area contributed by atoms with Crippen molar-refractivity contribution in [2.75, 3.05) is 26.2 Å². The highest BCUT2D eigenvalue weighted by Crippen LogP contribution is 2.35. The first kappa shape index (κ1) is 13.7. The summed E-state index contributed by atoms with van der Waals surface area (Å²) in [4.78, 5) is 2.54. The summed E-state index contributed by atoms with van der Waals surface area (Å²) in [5.41, 5.74) is 0.466. The third kappa shape index (κ3) is 3.08. The lowest BCUT2D eigenvalue weighted by Crippen LogP contribution is -2.45. The Labute approximate surface area is 101 Å². The summed E-state index contributed by atoms with van der Waals surface area (Å²) in [5, 5.41) is 3.53. The van der Waals surface area contributed by atoms with Crippen molar-refractivity contribution in [3.63, 3.8) is 0 Å². The minimum absolute atomic E-state index is 0.466. The highest BCUT2D eigenvalue weighted by molar-refractivity contribution is 4.94. The molecule has 1 atom stereocenters. The third-order valence-electron chi connectivity index (χ3n) is 4.11. The molecule has 0 saturated carbocycles. The molecule has 0 aromatic heterocycles. The van der Waals surface area contributed by atoms with Crippen LogP contribution in [-0.4, -0.2) is 37.1 Å². The molecule has 0 bridgehead atoms. The molecule has 0 aromatic carbocycles. The zero-order valence-electron chi connectivity index (χ0n) is 11.4. The molecule has 0 aromatic rings. The first-order valence-corrected chi connectivity index (χ1v) is 6.57. The molecule has 0 aliphatic carbocycles. The molecular weight excluding hydrogens is 196 g/mol. The maximum Gasteiger partial charge on any atom is 0.0163 e. The van der Waals surface area contributed by atoms with Crippen LogP contribution in [0.3, 0.4) is 0 Å². The van der Waals surface area contributed by atoms with Crippen LogP contribution in [0.2, 0.25) is 0 Å². The van der Waals surface area contributed by atoms with Crippen molar-refractivity contribution in [1.82, 2.24) is 10.2 Å². The van der Waals surface area contributed by atoms with E-state index in [2.05, 4.69) is 44.5 Å². The fraction of sp³-hybridized carbons (Fsp3) is 0.857. The van der Waals surface area contributed by atoms with E-state index in [0.717, 1.165) is 12.5 Å². The zero-order valence-corrected chi connectivity index (χ0v) is 11.4. The van der Waals surface area contributed by atoms with Gasteiger partial charge in [-0.05, 0) is 38.1 Å². The molecule has 1 aliphatic rings. The second-order valence-corrected chi connectivity index (χ2v) is 5.76. The molecule has 1 rings (SSSR count). The van der Waals surface area contributed by atoms with Crippen molar-refractivity contribution in [3.8, 4) is 0 Å². The number of hydrogen-bond acceptors (Lipinski definition) is 2. The van der Waals surface area contributed by atoms with Crippen molar-refractivity contribution in [2.45, 2.75) is 40.2 Å². The van der Waals surface area contributed by atoms with Gasteiger partial charge >= 0.3 is 0 Å². The Morgan fingerprint density at radius 3 is 2.44 bits per heavy atom. The van der Waals surface area contributed by atoms with E-state index in [0.29, 0.717) is 11.5 Å². The van der Waals surface area contributed by atoms with Crippen LogP contribution in [-0.2, 0) is 0 Å². The van der Waals surface area contributed by atoms with Crippen LogP contribution in [0.4, 0.5) is 0 Å².